The number of nitrogens with one attached hydrogen (secondary N) is 1. The van der Waals surface area contributed by atoms with Crippen molar-refractivity contribution in [2.75, 3.05) is 12.4 Å². The minimum Gasteiger partial charge on any atom is -0.497 e. The van der Waals surface area contributed by atoms with Crippen molar-refractivity contribution in [1.82, 2.24) is 0 Å². The fourth-order valence-corrected chi connectivity index (χ4v) is 3.48. The van der Waals surface area contributed by atoms with Crippen LogP contribution in [0.4, 0.5) is 5.69 Å². The standard InChI is InChI=1S/C16H15NO3S/c1-20-11-8-6-10(7-9-11)15-14(18)16(19)17-12-4-2-3-5-13(12)21-15/h2-9,14-15,18H,1H3,(H,17,19)/t14-,15-/m0/s1. The molecule has 0 saturated heterocycles. The molecule has 0 saturated carbocycles. The van der Waals surface area contributed by atoms with Gasteiger partial charge >= 0.3 is 0 Å². The van der Waals surface area contributed by atoms with Crippen LogP contribution in [0.2, 0.25) is 0 Å². The third-order valence-corrected chi connectivity index (χ3v) is 4.79. The number of fused-ring (bicyclic) bond motifs is 1. The minimum atomic E-state index is -1.10. The highest BCUT2D eigenvalue weighted by molar-refractivity contribution is 7.99. The van der Waals surface area contributed by atoms with E-state index in [1.807, 2.05) is 48.5 Å². The number of benzene rings is 2. The highest BCUT2D eigenvalue weighted by atomic mass is 32.2. The van der Waals surface area contributed by atoms with Gasteiger partial charge in [0, 0.05) is 4.90 Å². The number of thioether (sulfide) groups is 1. The number of methoxy groups -OCH3 is 1. The van der Waals surface area contributed by atoms with Crippen LogP contribution in [0.15, 0.2) is 53.4 Å². The lowest BCUT2D eigenvalue weighted by molar-refractivity contribution is -0.124. The predicted octanol–water partition coefficient (Wildman–Crippen LogP) is 2.84. The summed E-state index contributed by atoms with van der Waals surface area (Å²) in [6.45, 7) is 0. The van der Waals surface area contributed by atoms with Gasteiger partial charge in [-0.2, -0.15) is 0 Å². The molecule has 0 aliphatic carbocycles. The van der Waals surface area contributed by atoms with Crippen molar-refractivity contribution >= 4 is 23.4 Å². The van der Waals surface area contributed by atoms with Crippen LogP contribution in [0.25, 0.3) is 0 Å². The van der Waals surface area contributed by atoms with Gasteiger partial charge in [-0.15, -0.1) is 11.8 Å². The van der Waals surface area contributed by atoms with Crippen LogP contribution in [-0.4, -0.2) is 24.2 Å². The maximum Gasteiger partial charge on any atom is 0.254 e. The van der Waals surface area contributed by atoms with Gasteiger partial charge in [-0.1, -0.05) is 24.3 Å². The van der Waals surface area contributed by atoms with Crippen LogP contribution >= 0.6 is 11.8 Å². The molecular weight excluding hydrogens is 286 g/mol. The summed E-state index contributed by atoms with van der Waals surface area (Å²) in [5, 5.41) is 12.7. The highest BCUT2D eigenvalue weighted by Gasteiger charge is 2.32. The van der Waals surface area contributed by atoms with E-state index < -0.39 is 6.10 Å². The normalized spacial score (nSPS) is 21.1. The molecule has 1 amide bonds. The van der Waals surface area contributed by atoms with Crippen molar-refractivity contribution in [3.63, 3.8) is 0 Å². The summed E-state index contributed by atoms with van der Waals surface area (Å²) >= 11 is 1.48. The number of rotatable bonds is 2. The third-order valence-electron chi connectivity index (χ3n) is 3.40. The quantitative estimate of drug-likeness (QED) is 0.895. The summed E-state index contributed by atoms with van der Waals surface area (Å²) in [4.78, 5) is 13.0. The average Bonchev–Trinajstić information content (AvgIpc) is 2.65. The highest BCUT2D eigenvalue weighted by Crippen LogP contribution is 2.43. The molecule has 108 valence electrons. The molecule has 0 radical (unpaired) electrons. The number of ether oxygens (including phenoxy) is 1. The Morgan fingerprint density at radius 2 is 1.86 bits per heavy atom. The Balaban J connectivity index is 1.98. The SMILES string of the molecule is COc1ccc([C@@H]2Sc3ccccc3NC(=O)[C@H]2O)cc1. The van der Waals surface area contributed by atoms with Crippen LogP contribution in [0.3, 0.4) is 0 Å². The zero-order chi connectivity index (χ0) is 14.8. The van der Waals surface area contributed by atoms with Crippen LogP contribution in [0, 0.1) is 0 Å². The number of amides is 1. The van der Waals surface area contributed by atoms with Crippen molar-refractivity contribution < 1.29 is 14.6 Å². The smallest absolute Gasteiger partial charge is 0.254 e. The van der Waals surface area contributed by atoms with E-state index in [2.05, 4.69) is 5.32 Å². The second-order valence-electron chi connectivity index (χ2n) is 4.74. The molecule has 1 aliphatic heterocycles. The Bertz CT molecular complexity index is 657. The maximum absolute atomic E-state index is 12.1. The van der Waals surface area contributed by atoms with Crippen molar-refractivity contribution in [3.8, 4) is 5.75 Å². The molecule has 0 bridgehead atoms. The molecule has 0 spiro atoms. The van der Waals surface area contributed by atoms with Gasteiger partial charge in [-0.3, -0.25) is 4.79 Å². The van der Waals surface area contributed by atoms with E-state index in [0.29, 0.717) is 0 Å². The van der Waals surface area contributed by atoms with Crippen molar-refractivity contribution in [3.05, 3.63) is 54.1 Å². The molecule has 2 N–H and O–H groups in total. The van der Waals surface area contributed by atoms with Gasteiger partial charge in [-0.05, 0) is 29.8 Å². The van der Waals surface area contributed by atoms with Gasteiger partial charge in [0.05, 0.1) is 18.0 Å². The summed E-state index contributed by atoms with van der Waals surface area (Å²) in [5.41, 5.74) is 1.63. The number of hydrogen-bond acceptors (Lipinski definition) is 4. The van der Waals surface area contributed by atoms with E-state index in [9.17, 15) is 9.90 Å². The third kappa shape index (κ3) is 2.75. The van der Waals surface area contributed by atoms with Gasteiger partial charge in [-0.25, -0.2) is 0 Å². The first-order chi connectivity index (χ1) is 10.2. The molecule has 5 heteroatoms. The lowest BCUT2D eigenvalue weighted by Crippen LogP contribution is -2.30. The lowest BCUT2D eigenvalue weighted by Gasteiger charge is -2.19. The average molecular weight is 301 g/mol. The van der Waals surface area contributed by atoms with Gasteiger partial charge < -0.3 is 15.2 Å². The van der Waals surface area contributed by atoms with E-state index in [-0.39, 0.29) is 11.2 Å². The first-order valence-electron chi connectivity index (χ1n) is 6.57. The Morgan fingerprint density at radius 1 is 1.14 bits per heavy atom. The molecule has 0 unspecified atom stereocenters. The summed E-state index contributed by atoms with van der Waals surface area (Å²) in [7, 11) is 1.61. The van der Waals surface area contributed by atoms with Gasteiger partial charge in [0.1, 0.15) is 11.9 Å². The fraction of sp³-hybridized carbons (Fsp3) is 0.188. The molecular formula is C16H15NO3S. The second-order valence-corrected chi connectivity index (χ2v) is 5.93. The number of carbonyl (C=O) groups excluding carboxylic acids is 1. The Kier molecular flexibility index (Phi) is 3.86. The fourth-order valence-electron chi connectivity index (χ4n) is 2.26. The van der Waals surface area contributed by atoms with Crippen molar-refractivity contribution in [1.29, 1.82) is 0 Å². The topological polar surface area (TPSA) is 58.6 Å². The summed E-state index contributed by atoms with van der Waals surface area (Å²) < 4.78 is 5.14. The Labute approximate surface area is 127 Å². The Morgan fingerprint density at radius 3 is 2.57 bits per heavy atom. The molecule has 2 atom stereocenters. The molecule has 3 rings (SSSR count). The molecule has 1 aliphatic rings. The molecule has 2 aromatic carbocycles. The number of hydrogen-bond donors (Lipinski definition) is 2. The van der Waals surface area contributed by atoms with Crippen LogP contribution in [-0.2, 0) is 4.79 Å². The molecule has 4 nitrogen and oxygen atoms in total. The minimum absolute atomic E-state index is 0.348. The lowest BCUT2D eigenvalue weighted by atomic mass is 10.1. The van der Waals surface area contributed by atoms with Crippen LogP contribution in [0.1, 0.15) is 10.8 Å². The number of carbonyl (C=O) groups is 1. The number of anilines is 1. The molecule has 1 heterocycles. The van der Waals surface area contributed by atoms with Crippen molar-refractivity contribution in [2.24, 2.45) is 0 Å². The first-order valence-corrected chi connectivity index (χ1v) is 7.45. The zero-order valence-electron chi connectivity index (χ0n) is 11.4. The van der Waals surface area contributed by atoms with Gasteiger partial charge in [0.2, 0.25) is 0 Å². The molecule has 0 aromatic heterocycles. The van der Waals surface area contributed by atoms with E-state index in [4.69, 9.17) is 4.74 Å². The summed E-state index contributed by atoms with van der Waals surface area (Å²) in [5.74, 6) is 0.366. The van der Waals surface area contributed by atoms with E-state index >= 15 is 0 Å². The predicted molar refractivity (Wildman–Crippen MR) is 82.7 cm³/mol. The summed E-state index contributed by atoms with van der Waals surface area (Å²) in [6, 6.07) is 15.0. The van der Waals surface area contributed by atoms with E-state index in [0.717, 1.165) is 21.9 Å². The van der Waals surface area contributed by atoms with Gasteiger partial charge in [0.15, 0.2) is 0 Å². The summed E-state index contributed by atoms with van der Waals surface area (Å²) in [6.07, 6.45) is -1.10. The Hall–Kier alpha value is -1.98. The maximum atomic E-state index is 12.1. The molecule has 2 aromatic rings. The zero-order valence-corrected chi connectivity index (χ0v) is 12.3. The number of aliphatic hydroxyl groups excluding tert-OH is 1. The van der Waals surface area contributed by atoms with Crippen LogP contribution in [0.5, 0.6) is 5.75 Å². The molecule has 0 fully saturated rings. The van der Waals surface area contributed by atoms with Gasteiger partial charge in [0.25, 0.3) is 5.91 Å². The van der Waals surface area contributed by atoms with Crippen molar-refractivity contribution in [2.45, 2.75) is 16.2 Å². The van der Waals surface area contributed by atoms with E-state index in [1.54, 1.807) is 7.11 Å². The number of aliphatic hydroxyl groups is 1. The first kappa shape index (κ1) is 14.0. The van der Waals surface area contributed by atoms with Crippen LogP contribution < -0.4 is 10.1 Å². The molecule has 21 heavy (non-hydrogen) atoms. The second kappa shape index (κ2) is 5.79. The van der Waals surface area contributed by atoms with E-state index in [1.165, 1.54) is 11.8 Å². The monoisotopic (exact) mass is 301 g/mol. The largest absolute Gasteiger partial charge is 0.497 e. The number of para-hydroxylation sites is 1.